The summed E-state index contributed by atoms with van der Waals surface area (Å²) in [6.45, 7) is 0.365. The lowest BCUT2D eigenvalue weighted by molar-refractivity contribution is -0.118. The maximum Gasteiger partial charge on any atom is 0.287 e. The van der Waals surface area contributed by atoms with Gasteiger partial charge in [0.15, 0.2) is 12.4 Å². The van der Waals surface area contributed by atoms with E-state index in [0.29, 0.717) is 18.0 Å². The standard InChI is InChI=1S/C14H12N2O4/c17-13-8-20-11-4-3-9(6-10(11)16-13)7-15-14(18)12-2-1-5-19-12/h1-6H,7-8H2,(H,15,18)(H,16,17). The average molecular weight is 272 g/mol. The lowest BCUT2D eigenvalue weighted by Crippen LogP contribution is -2.26. The van der Waals surface area contributed by atoms with E-state index in [1.165, 1.54) is 6.26 Å². The summed E-state index contributed by atoms with van der Waals surface area (Å²) in [6, 6.07) is 8.62. The van der Waals surface area contributed by atoms with Gasteiger partial charge in [-0.3, -0.25) is 9.59 Å². The number of ether oxygens (including phenoxy) is 1. The first-order valence-corrected chi connectivity index (χ1v) is 6.09. The van der Waals surface area contributed by atoms with Gasteiger partial charge < -0.3 is 19.8 Å². The molecule has 1 aromatic heterocycles. The third-order valence-corrected chi connectivity index (χ3v) is 2.87. The van der Waals surface area contributed by atoms with Crippen molar-refractivity contribution in [1.29, 1.82) is 0 Å². The average Bonchev–Trinajstić information content (AvgIpc) is 2.98. The predicted octanol–water partition coefficient (Wildman–Crippen LogP) is 1.54. The fourth-order valence-electron chi connectivity index (χ4n) is 1.92. The third-order valence-electron chi connectivity index (χ3n) is 2.87. The van der Waals surface area contributed by atoms with Gasteiger partial charge in [-0.25, -0.2) is 0 Å². The molecule has 1 aromatic carbocycles. The number of hydrogen-bond acceptors (Lipinski definition) is 4. The molecule has 2 aromatic rings. The van der Waals surface area contributed by atoms with Crippen LogP contribution in [-0.2, 0) is 11.3 Å². The summed E-state index contributed by atoms with van der Waals surface area (Å²) in [6.07, 6.45) is 1.45. The first-order chi connectivity index (χ1) is 9.72. The van der Waals surface area contributed by atoms with Gasteiger partial charge in [0.25, 0.3) is 11.8 Å². The molecule has 2 amide bonds. The van der Waals surface area contributed by atoms with Crippen LogP contribution in [0, 0.1) is 0 Å². The molecule has 6 heteroatoms. The highest BCUT2D eigenvalue weighted by Crippen LogP contribution is 2.28. The number of benzene rings is 1. The maximum absolute atomic E-state index is 11.7. The summed E-state index contributed by atoms with van der Waals surface area (Å²) in [5, 5.41) is 5.45. The summed E-state index contributed by atoms with van der Waals surface area (Å²) >= 11 is 0. The van der Waals surface area contributed by atoms with E-state index in [2.05, 4.69) is 10.6 Å². The van der Waals surface area contributed by atoms with Crippen molar-refractivity contribution in [3.8, 4) is 5.75 Å². The fourth-order valence-corrected chi connectivity index (χ4v) is 1.92. The molecule has 1 aliphatic heterocycles. The van der Waals surface area contributed by atoms with Crippen molar-refractivity contribution in [3.63, 3.8) is 0 Å². The highest BCUT2D eigenvalue weighted by Gasteiger charge is 2.16. The van der Waals surface area contributed by atoms with Crippen molar-refractivity contribution in [3.05, 3.63) is 47.9 Å². The number of amides is 2. The number of carbonyl (C=O) groups is 2. The van der Waals surface area contributed by atoms with Crippen LogP contribution in [0.4, 0.5) is 5.69 Å². The van der Waals surface area contributed by atoms with E-state index in [1.54, 1.807) is 24.3 Å². The van der Waals surface area contributed by atoms with Crippen molar-refractivity contribution < 1.29 is 18.7 Å². The van der Waals surface area contributed by atoms with Crippen LogP contribution in [-0.4, -0.2) is 18.4 Å². The quantitative estimate of drug-likeness (QED) is 0.888. The molecule has 2 heterocycles. The molecule has 0 spiro atoms. The van der Waals surface area contributed by atoms with Crippen LogP contribution in [0.15, 0.2) is 41.0 Å². The molecule has 102 valence electrons. The first-order valence-electron chi connectivity index (χ1n) is 6.09. The maximum atomic E-state index is 11.7. The fraction of sp³-hybridized carbons (Fsp3) is 0.143. The zero-order chi connectivity index (χ0) is 13.9. The molecule has 0 saturated heterocycles. The van der Waals surface area contributed by atoms with Crippen LogP contribution >= 0.6 is 0 Å². The van der Waals surface area contributed by atoms with Gasteiger partial charge in [-0.1, -0.05) is 6.07 Å². The van der Waals surface area contributed by atoms with Crippen molar-refractivity contribution in [1.82, 2.24) is 5.32 Å². The molecule has 0 radical (unpaired) electrons. The predicted molar refractivity (Wildman–Crippen MR) is 70.4 cm³/mol. The molecule has 0 unspecified atom stereocenters. The molecule has 6 nitrogen and oxygen atoms in total. The summed E-state index contributed by atoms with van der Waals surface area (Å²) in [4.78, 5) is 23.0. The van der Waals surface area contributed by atoms with Crippen LogP contribution in [0.1, 0.15) is 16.1 Å². The van der Waals surface area contributed by atoms with Gasteiger partial charge in [0.05, 0.1) is 12.0 Å². The van der Waals surface area contributed by atoms with Crippen molar-refractivity contribution in [2.45, 2.75) is 6.54 Å². The zero-order valence-electron chi connectivity index (χ0n) is 10.5. The van der Waals surface area contributed by atoms with E-state index in [1.807, 2.05) is 6.07 Å². The van der Waals surface area contributed by atoms with Gasteiger partial charge in [-0.15, -0.1) is 0 Å². The Hall–Kier alpha value is -2.76. The second kappa shape index (κ2) is 5.08. The van der Waals surface area contributed by atoms with Gasteiger partial charge in [-0.2, -0.15) is 0 Å². The number of anilines is 1. The van der Waals surface area contributed by atoms with E-state index < -0.39 is 0 Å². The van der Waals surface area contributed by atoms with Crippen LogP contribution in [0.3, 0.4) is 0 Å². The number of rotatable bonds is 3. The third kappa shape index (κ3) is 2.49. The van der Waals surface area contributed by atoms with Crippen LogP contribution in [0.25, 0.3) is 0 Å². The van der Waals surface area contributed by atoms with Gasteiger partial charge in [0.1, 0.15) is 5.75 Å². The van der Waals surface area contributed by atoms with Gasteiger partial charge in [0, 0.05) is 6.54 Å². The molecular weight excluding hydrogens is 260 g/mol. The molecule has 20 heavy (non-hydrogen) atoms. The number of furan rings is 1. The smallest absolute Gasteiger partial charge is 0.287 e. The van der Waals surface area contributed by atoms with E-state index >= 15 is 0 Å². The zero-order valence-corrected chi connectivity index (χ0v) is 10.5. The molecule has 0 saturated carbocycles. The molecule has 3 rings (SSSR count). The molecule has 0 aliphatic carbocycles. The van der Waals surface area contributed by atoms with Crippen LogP contribution in [0.2, 0.25) is 0 Å². The Labute approximate surface area is 114 Å². The topological polar surface area (TPSA) is 80.6 Å². The molecule has 0 atom stereocenters. The Balaban J connectivity index is 1.68. The van der Waals surface area contributed by atoms with Crippen LogP contribution in [0.5, 0.6) is 5.75 Å². The van der Waals surface area contributed by atoms with E-state index in [9.17, 15) is 9.59 Å². The van der Waals surface area contributed by atoms with Crippen molar-refractivity contribution in [2.75, 3.05) is 11.9 Å². The van der Waals surface area contributed by atoms with E-state index in [0.717, 1.165) is 5.56 Å². The number of fused-ring (bicyclic) bond motifs is 1. The minimum atomic E-state index is -0.284. The SMILES string of the molecule is O=C1COc2ccc(CNC(=O)c3ccco3)cc2N1. The Bertz CT molecular complexity index is 649. The summed E-state index contributed by atoms with van der Waals surface area (Å²) in [5.41, 5.74) is 1.47. The monoisotopic (exact) mass is 272 g/mol. The first kappa shape index (κ1) is 12.3. The molecule has 1 aliphatic rings. The Morgan fingerprint density at radius 3 is 3.05 bits per heavy atom. The normalized spacial score (nSPS) is 13.1. The van der Waals surface area contributed by atoms with Crippen molar-refractivity contribution in [2.24, 2.45) is 0 Å². The lowest BCUT2D eigenvalue weighted by Gasteiger charge is -2.18. The summed E-state index contributed by atoms with van der Waals surface area (Å²) < 4.78 is 10.3. The summed E-state index contributed by atoms with van der Waals surface area (Å²) in [5.74, 6) is 0.424. The highest BCUT2D eigenvalue weighted by atomic mass is 16.5. The Morgan fingerprint density at radius 2 is 2.25 bits per heavy atom. The minimum Gasteiger partial charge on any atom is -0.482 e. The van der Waals surface area contributed by atoms with E-state index in [-0.39, 0.29) is 24.2 Å². The Morgan fingerprint density at radius 1 is 1.35 bits per heavy atom. The number of nitrogens with one attached hydrogen (secondary N) is 2. The number of hydrogen-bond donors (Lipinski definition) is 2. The van der Waals surface area contributed by atoms with E-state index in [4.69, 9.17) is 9.15 Å². The molecule has 0 bridgehead atoms. The van der Waals surface area contributed by atoms with Gasteiger partial charge in [-0.05, 0) is 29.8 Å². The Kier molecular flexibility index (Phi) is 3.12. The number of carbonyl (C=O) groups excluding carboxylic acids is 2. The van der Waals surface area contributed by atoms with Crippen LogP contribution < -0.4 is 15.4 Å². The lowest BCUT2D eigenvalue weighted by atomic mass is 10.1. The van der Waals surface area contributed by atoms with Gasteiger partial charge in [0.2, 0.25) is 0 Å². The highest BCUT2D eigenvalue weighted by molar-refractivity contribution is 5.95. The molecule has 0 fully saturated rings. The van der Waals surface area contributed by atoms with Crippen molar-refractivity contribution >= 4 is 17.5 Å². The minimum absolute atomic E-state index is 0.0293. The van der Waals surface area contributed by atoms with Gasteiger partial charge >= 0.3 is 0 Å². The second-order valence-electron chi connectivity index (χ2n) is 4.33. The summed E-state index contributed by atoms with van der Waals surface area (Å²) in [7, 11) is 0. The second-order valence-corrected chi connectivity index (χ2v) is 4.33. The molecule has 2 N–H and O–H groups in total. The largest absolute Gasteiger partial charge is 0.482 e. The molecular formula is C14H12N2O4.